The highest BCUT2D eigenvalue weighted by atomic mass is 16.6. The first kappa shape index (κ1) is 12.2. The number of hydrogen-bond donors (Lipinski definition) is 1. The molecular weight excluding hydrogens is 238 g/mol. The van der Waals surface area contributed by atoms with Gasteiger partial charge in [0.05, 0.1) is 4.92 Å². The van der Waals surface area contributed by atoms with Crippen molar-refractivity contribution >= 4 is 17.5 Å². The van der Waals surface area contributed by atoms with Gasteiger partial charge in [-0.05, 0) is 25.0 Å². The summed E-state index contributed by atoms with van der Waals surface area (Å²) in [7, 11) is 0. The predicted octanol–water partition coefficient (Wildman–Crippen LogP) is 0.847. The summed E-state index contributed by atoms with van der Waals surface area (Å²) in [4.78, 5) is 33.3. The van der Waals surface area contributed by atoms with E-state index >= 15 is 0 Å². The van der Waals surface area contributed by atoms with Crippen LogP contribution >= 0.6 is 0 Å². The highest BCUT2D eigenvalue weighted by Crippen LogP contribution is 2.30. The fourth-order valence-electron chi connectivity index (χ4n) is 1.49. The van der Waals surface area contributed by atoms with E-state index in [0.717, 1.165) is 12.8 Å². The Labute approximate surface area is 102 Å². The van der Waals surface area contributed by atoms with E-state index in [1.54, 1.807) is 0 Å². The van der Waals surface area contributed by atoms with E-state index in [4.69, 9.17) is 5.84 Å². The molecule has 0 unspecified atom stereocenters. The summed E-state index contributed by atoms with van der Waals surface area (Å²) in [6.07, 6.45) is 1.50. The predicted molar refractivity (Wildman–Crippen MR) is 61.2 cm³/mol. The lowest BCUT2D eigenvalue weighted by atomic mass is 10.2. The van der Waals surface area contributed by atoms with Crippen LogP contribution in [0.3, 0.4) is 0 Å². The molecule has 2 amide bonds. The van der Waals surface area contributed by atoms with Crippen LogP contribution in [0.25, 0.3) is 0 Å². The lowest BCUT2D eigenvalue weighted by Gasteiger charge is -2.13. The average molecular weight is 249 g/mol. The number of nitro benzene ring substituents is 1. The van der Waals surface area contributed by atoms with Gasteiger partial charge >= 0.3 is 0 Å². The molecule has 1 aromatic carbocycles. The van der Waals surface area contributed by atoms with Crippen molar-refractivity contribution in [1.82, 2.24) is 5.01 Å². The third-order valence-electron chi connectivity index (χ3n) is 2.71. The molecule has 0 atom stereocenters. The second-order valence-electron chi connectivity index (χ2n) is 4.09. The highest BCUT2D eigenvalue weighted by Gasteiger charge is 2.35. The lowest BCUT2D eigenvalue weighted by molar-refractivity contribution is -0.384. The molecule has 1 aliphatic carbocycles. The van der Waals surface area contributed by atoms with Crippen molar-refractivity contribution in [3.8, 4) is 0 Å². The Bertz CT molecular complexity index is 508. The lowest BCUT2D eigenvalue weighted by Crippen LogP contribution is -2.43. The number of hydrazine groups is 1. The molecule has 1 saturated carbocycles. The number of non-ortho nitro benzene ring substituents is 1. The molecule has 2 rings (SSSR count). The minimum atomic E-state index is -0.651. The summed E-state index contributed by atoms with van der Waals surface area (Å²) < 4.78 is 0. The molecule has 0 heterocycles. The molecule has 18 heavy (non-hydrogen) atoms. The summed E-state index contributed by atoms with van der Waals surface area (Å²) >= 11 is 0. The standard InChI is InChI=1S/C11H11N3O4/c12-13(10(15)7-1-2-7)11(16)8-3-5-9(6-4-8)14(17)18/h3-7H,1-2,12H2. The largest absolute Gasteiger partial charge is 0.274 e. The number of carbonyl (C=O) groups excluding carboxylic acids is 2. The molecule has 1 aliphatic rings. The van der Waals surface area contributed by atoms with Gasteiger partial charge in [-0.3, -0.25) is 19.7 Å². The van der Waals surface area contributed by atoms with Gasteiger partial charge in [0.25, 0.3) is 11.6 Å². The quantitative estimate of drug-likeness (QED) is 0.281. The van der Waals surface area contributed by atoms with Crippen molar-refractivity contribution < 1.29 is 14.5 Å². The molecule has 94 valence electrons. The minimum absolute atomic E-state index is 0.122. The summed E-state index contributed by atoms with van der Waals surface area (Å²) in [5.41, 5.74) is 0.0285. The molecule has 7 heteroatoms. The zero-order valence-corrected chi connectivity index (χ0v) is 9.41. The molecule has 1 fully saturated rings. The Morgan fingerprint density at radius 1 is 1.28 bits per heavy atom. The van der Waals surface area contributed by atoms with Crippen LogP contribution in [0, 0.1) is 16.0 Å². The van der Waals surface area contributed by atoms with Gasteiger partial charge in [0.2, 0.25) is 5.91 Å². The molecule has 0 bridgehead atoms. The molecule has 0 aromatic heterocycles. The van der Waals surface area contributed by atoms with Crippen molar-refractivity contribution in [2.24, 2.45) is 11.8 Å². The SMILES string of the molecule is NN(C(=O)c1ccc([N+](=O)[O-])cc1)C(=O)C1CC1. The van der Waals surface area contributed by atoms with Gasteiger partial charge in [-0.2, -0.15) is 0 Å². The number of nitro groups is 1. The molecule has 0 aliphatic heterocycles. The summed E-state index contributed by atoms with van der Waals surface area (Å²) in [6, 6.07) is 4.95. The van der Waals surface area contributed by atoms with Crippen LogP contribution in [0.5, 0.6) is 0 Å². The van der Waals surface area contributed by atoms with Gasteiger partial charge in [0.1, 0.15) is 0 Å². The fourth-order valence-corrected chi connectivity index (χ4v) is 1.49. The van der Waals surface area contributed by atoms with Crippen LogP contribution in [0.1, 0.15) is 23.2 Å². The van der Waals surface area contributed by atoms with Crippen LogP contribution in [0.15, 0.2) is 24.3 Å². The van der Waals surface area contributed by atoms with Crippen LogP contribution < -0.4 is 5.84 Å². The summed E-state index contributed by atoms with van der Waals surface area (Å²) in [5.74, 6) is 4.22. The second kappa shape index (κ2) is 4.53. The fraction of sp³-hybridized carbons (Fsp3) is 0.273. The van der Waals surface area contributed by atoms with Crippen molar-refractivity contribution in [3.63, 3.8) is 0 Å². The number of carbonyl (C=O) groups is 2. The van der Waals surface area contributed by atoms with Gasteiger partial charge in [-0.1, -0.05) is 0 Å². The monoisotopic (exact) mass is 249 g/mol. The number of nitrogens with two attached hydrogens (primary N) is 1. The number of rotatable bonds is 3. The summed E-state index contributed by atoms with van der Waals surface area (Å²) in [5, 5.41) is 11.0. The van der Waals surface area contributed by atoms with Crippen molar-refractivity contribution in [1.29, 1.82) is 0 Å². The van der Waals surface area contributed by atoms with E-state index in [-0.39, 0.29) is 17.2 Å². The molecule has 7 nitrogen and oxygen atoms in total. The molecule has 0 spiro atoms. The van der Waals surface area contributed by atoms with Crippen LogP contribution in [-0.2, 0) is 4.79 Å². The number of amides is 2. The van der Waals surface area contributed by atoms with Crippen LogP contribution in [0.4, 0.5) is 5.69 Å². The first-order valence-electron chi connectivity index (χ1n) is 5.38. The molecule has 0 saturated heterocycles. The maximum absolute atomic E-state index is 11.8. The van der Waals surface area contributed by atoms with Crippen molar-refractivity contribution in [2.75, 3.05) is 0 Å². The molecule has 2 N–H and O–H groups in total. The van der Waals surface area contributed by atoms with Crippen molar-refractivity contribution in [2.45, 2.75) is 12.8 Å². The second-order valence-corrected chi connectivity index (χ2v) is 4.09. The normalized spacial score (nSPS) is 14.1. The van der Waals surface area contributed by atoms with Crippen molar-refractivity contribution in [3.05, 3.63) is 39.9 Å². The topological polar surface area (TPSA) is 107 Å². The van der Waals surface area contributed by atoms with Gasteiger partial charge in [-0.25, -0.2) is 10.9 Å². The zero-order valence-electron chi connectivity index (χ0n) is 9.41. The highest BCUT2D eigenvalue weighted by molar-refractivity contribution is 6.05. The van der Waals surface area contributed by atoms with Gasteiger partial charge in [-0.15, -0.1) is 0 Å². The first-order valence-corrected chi connectivity index (χ1v) is 5.38. The zero-order chi connectivity index (χ0) is 13.3. The Balaban J connectivity index is 2.12. The van der Waals surface area contributed by atoms with E-state index < -0.39 is 16.7 Å². The first-order chi connectivity index (χ1) is 8.50. The van der Waals surface area contributed by atoms with Crippen LogP contribution in [-0.4, -0.2) is 21.7 Å². The maximum Gasteiger partial charge on any atom is 0.274 e. The number of hydrogen-bond acceptors (Lipinski definition) is 5. The Hall–Kier alpha value is -2.28. The smallest absolute Gasteiger partial charge is 0.273 e. The maximum atomic E-state index is 11.8. The third-order valence-corrected chi connectivity index (χ3v) is 2.71. The number of imide groups is 1. The molecular formula is C11H11N3O4. The van der Waals surface area contributed by atoms with Gasteiger partial charge < -0.3 is 0 Å². The number of nitrogens with zero attached hydrogens (tertiary/aromatic N) is 2. The molecule has 1 aromatic rings. The Morgan fingerprint density at radius 2 is 1.83 bits per heavy atom. The summed E-state index contributed by atoms with van der Waals surface area (Å²) in [6.45, 7) is 0. The Kier molecular flexibility index (Phi) is 3.07. The number of benzene rings is 1. The third kappa shape index (κ3) is 2.35. The van der Waals surface area contributed by atoms with E-state index in [2.05, 4.69) is 0 Å². The van der Waals surface area contributed by atoms with E-state index in [9.17, 15) is 19.7 Å². The average Bonchev–Trinajstić information content (AvgIpc) is 3.20. The van der Waals surface area contributed by atoms with Gasteiger partial charge in [0.15, 0.2) is 0 Å². The van der Waals surface area contributed by atoms with Gasteiger partial charge in [0, 0.05) is 23.6 Å². The van der Waals surface area contributed by atoms with E-state index in [1.165, 1.54) is 24.3 Å². The molecule has 0 radical (unpaired) electrons. The minimum Gasteiger partial charge on any atom is -0.273 e. The van der Waals surface area contributed by atoms with E-state index in [0.29, 0.717) is 5.01 Å². The Morgan fingerprint density at radius 3 is 2.28 bits per heavy atom. The van der Waals surface area contributed by atoms with Crippen LogP contribution in [0.2, 0.25) is 0 Å². The van der Waals surface area contributed by atoms with E-state index in [1.807, 2.05) is 0 Å².